The van der Waals surface area contributed by atoms with E-state index in [9.17, 15) is 14.0 Å². The Labute approximate surface area is 150 Å². The number of rotatable bonds is 5. The maximum atomic E-state index is 13.6. The summed E-state index contributed by atoms with van der Waals surface area (Å²) in [4.78, 5) is 24.0. The topological polar surface area (TPSA) is 76.7 Å². The normalized spacial score (nSPS) is 13.6. The van der Waals surface area contributed by atoms with Crippen molar-refractivity contribution in [2.24, 2.45) is 0 Å². The SMILES string of the molecule is C[C@@H](NC(=O)CNC(=O)c1ccccc1F)c1ccc2c(c1)OCCO2. The highest BCUT2D eigenvalue weighted by Crippen LogP contribution is 2.32. The molecular formula is C19H19FN2O4. The number of benzene rings is 2. The van der Waals surface area contributed by atoms with Crippen LogP contribution >= 0.6 is 0 Å². The molecule has 0 fully saturated rings. The molecule has 2 aromatic carbocycles. The smallest absolute Gasteiger partial charge is 0.254 e. The largest absolute Gasteiger partial charge is 0.486 e. The molecule has 0 unspecified atom stereocenters. The molecular weight excluding hydrogens is 339 g/mol. The molecule has 0 radical (unpaired) electrons. The second-order valence-electron chi connectivity index (χ2n) is 5.85. The molecule has 1 heterocycles. The minimum atomic E-state index is -0.634. The molecule has 0 saturated carbocycles. The molecule has 1 aliphatic rings. The monoisotopic (exact) mass is 358 g/mol. The van der Waals surface area contributed by atoms with E-state index < -0.39 is 11.7 Å². The van der Waals surface area contributed by atoms with E-state index in [1.807, 2.05) is 19.1 Å². The molecule has 0 saturated heterocycles. The Morgan fingerprint density at radius 3 is 2.62 bits per heavy atom. The first kappa shape index (κ1) is 17.7. The van der Waals surface area contributed by atoms with Crippen LogP contribution in [-0.4, -0.2) is 31.6 Å². The van der Waals surface area contributed by atoms with Crippen LogP contribution < -0.4 is 20.1 Å². The fraction of sp³-hybridized carbons (Fsp3) is 0.263. The summed E-state index contributed by atoms with van der Waals surface area (Å²) in [7, 11) is 0. The molecule has 2 amide bonds. The number of carbonyl (C=O) groups is 2. The van der Waals surface area contributed by atoms with Crippen molar-refractivity contribution in [3.05, 3.63) is 59.4 Å². The summed E-state index contributed by atoms with van der Waals surface area (Å²) in [5, 5.41) is 5.19. The Kier molecular flexibility index (Phi) is 5.36. The van der Waals surface area contributed by atoms with E-state index in [4.69, 9.17) is 9.47 Å². The number of carbonyl (C=O) groups excluding carboxylic acids is 2. The molecule has 6 nitrogen and oxygen atoms in total. The van der Waals surface area contributed by atoms with E-state index >= 15 is 0 Å². The lowest BCUT2D eigenvalue weighted by molar-refractivity contribution is -0.120. The van der Waals surface area contributed by atoms with Crippen LogP contribution in [-0.2, 0) is 4.79 Å². The number of halogens is 1. The summed E-state index contributed by atoms with van der Waals surface area (Å²) in [6.07, 6.45) is 0. The van der Waals surface area contributed by atoms with Gasteiger partial charge in [-0.3, -0.25) is 9.59 Å². The van der Waals surface area contributed by atoms with Gasteiger partial charge in [-0.2, -0.15) is 0 Å². The summed E-state index contributed by atoms with van der Waals surface area (Å²) in [6.45, 7) is 2.57. The maximum Gasteiger partial charge on any atom is 0.254 e. The average Bonchev–Trinajstić information content (AvgIpc) is 2.66. The molecule has 7 heteroatoms. The van der Waals surface area contributed by atoms with Gasteiger partial charge in [-0.25, -0.2) is 4.39 Å². The van der Waals surface area contributed by atoms with Crippen molar-refractivity contribution in [3.8, 4) is 11.5 Å². The van der Waals surface area contributed by atoms with Crippen molar-refractivity contribution in [2.75, 3.05) is 19.8 Å². The lowest BCUT2D eigenvalue weighted by atomic mass is 10.1. The molecule has 1 aliphatic heterocycles. The minimum Gasteiger partial charge on any atom is -0.486 e. The third-order valence-corrected chi connectivity index (χ3v) is 3.97. The Bertz CT molecular complexity index is 825. The Morgan fingerprint density at radius 2 is 1.85 bits per heavy atom. The van der Waals surface area contributed by atoms with Gasteiger partial charge in [0.05, 0.1) is 18.2 Å². The lowest BCUT2D eigenvalue weighted by Gasteiger charge is -2.21. The van der Waals surface area contributed by atoms with Gasteiger partial charge in [0.15, 0.2) is 11.5 Å². The Hall–Kier alpha value is -3.09. The van der Waals surface area contributed by atoms with E-state index in [0.29, 0.717) is 24.7 Å². The third-order valence-electron chi connectivity index (χ3n) is 3.97. The zero-order valence-electron chi connectivity index (χ0n) is 14.3. The Morgan fingerprint density at radius 1 is 1.12 bits per heavy atom. The predicted molar refractivity (Wildman–Crippen MR) is 92.7 cm³/mol. The number of nitrogens with one attached hydrogen (secondary N) is 2. The van der Waals surface area contributed by atoms with Gasteiger partial charge in [0.1, 0.15) is 19.0 Å². The zero-order chi connectivity index (χ0) is 18.5. The first-order chi connectivity index (χ1) is 12.5. The quantitative estimate of drug-likeness (QED) is 0.859. The van der Waals surface area contributed by atoms with Crippen LogP contribution in [0.2, 0.25) is 0 Å². The molecule has 0 aliphatic carbocycles. The molecule has 2 aromatic rings. The molecule has 136 valence electrons. The van der Waals surface area contributed by atoms with Crippen molar-refractivity contribution in [2.45, 2.75) is 13.0 Å². The maximum absolute atomic E-state index is 13.6. The summed E-state index contributed by atoms with van der Waals surface area (Å²) < 4.78 is 24.5. The van der Waals surface area contributed by atoms with Gasteiger partial charge in [0, 0.05) is 0 Å². The molecule has 3 rings (SSSR count). The number of hydrogen-bond donors (Lipinski definition) is 2. The van der Waals surface area contributed by atoms with Gasteiger partial charge in [-0.05, 0) is 36.8 Å². The molecule has 26 heavy (non-hydrogen) atoms. The van der Waals surface area contributed by atoms with Gasteiger partial charge in [-0.1, -0.05) is 18.2 Å². The molecule has 0 bridgehead atoms. The Balaban J connectivity index is 1.54. The molecule has 2 N–H and O–H groups in total. The molecule has 1 atom stereocenters. The third kappa shape index (κ3) is 4.11. The zero-order valence-corrected chi connectivity index (χ0v) is 14.3. The summed E-state index contributed by atoms with van der Waals surface area (Å²) in [5.74, 6) is -0.323. The summed E-state index contributed by atoms with van der Waals surface area (Å²) in [6, 6.07) is 10.8. The van der Waals surface area contributed by atoms with Crippen LogP contribution in [0.1, 0.15) is 28.9 Å². The number of ether oxygens (including phenoxy) is 2. The number of amides is 2. The molecule has 0 aromatic heterocycles. The number of hydrogen-bond acceptors (Lipinski definition) is 4. The van der Waals surface area contributed by atoms with Crippen molar-refractivity contribution in [1.29, 1.82) is 0 Å². The van der Waals surface area contributed by atoms with Crippen LogP contribution in [0.4, 0.5) is 4.39 Å². The van der Waals surface area contributed by atoms with Crippen LogP contribution in [0.5, 0.6) is 11.5 Å². The van der Waals surface area contributed by atoms with Gasteiger partial charge in [0.25, 0.3) is 5.91 Å². The van der Waals surface area contributed by atoms with E-state index in [1.165, 1.54) is 18.2 Å². The first-order valence-corrected chi connectivity index (χ1v) is 8.26. The van der Waals surface area contributed by atoms with Gasteiger partial charge in [0.2, 0.25) is 5.91 Å². The highest BCUT2D eigenvalue weighted by molar-refractivity contribution is 5.96. The van der Waals surface area contributed by atoms with Crippen molar-refractivity contribution >= 4 is 11.8 Å². The standard InChI is InChI=1S/C19H19FN2O4/c1-12(13-6-7-16-17(10-13)26-9-8-25-16)22-18(23)11-21-19(24)14-4-2-3-5-15(14)20/h2-7,10,12H,8-9,11H2,1H3,(H,21,24)(H,22,23)/t12-/m1/s1. The summed E-state index contributed by atoms with van der Waals surface area (Å²) >= 11 is 0. The van der Waals surface area contributed by atoms with Crippen LogP contribution in [0.3, 0.4) is 0 Å². The van der Waals surface area contributed by atoms with Crippen molar-refractivity contribution in [1.82, 2.24) is 10.6 Å². The van der Waals surface area contributed by atoms with Crippen LogP contribution in [0.15, 0.2) is 42.5 Å². The van der Waals surface area contributed by atoms with E-state index in [2.05, 4.69) is 10.6 Å². The van der Waals surface area contributed by atoms with Crippen molar-refractivity contribution < 1.29 is 23.5 Å². The molecule has 0 spiro atoms. The lowest BCUT2D eigenvalue weighted by Crippen LogP contribution is -2.38. The second-order valence-corrected chi connectivity index (χ2v) is 5.85. The van der Waals surface area contributed by atoms with Gasteiger partial charge >= 0.3 is 0 Å². The highest BCUT2D eigenvalue weighted by atomic mass is 19.1. The average molecular weight is 358 g/mol. The van der Waals surface area contributed by atoms with Gasteiger partial charge in [-0.15, -0.1) is 0 Å². The van der Waals surface area contributed by atoms with Crippen LogP contribution in [0.25, 0.3) is 0 Å². The predicted octanol–water partition coefficient (Wildman–Crippen LogP) is 2.20. The van der Waals surface area contributed by atoms with E-state index in [1.54, 1.807) is 12.1 Å². The fourth-order valence-corrected chi connectivity index (χ4v) is 2.61. The number of fused-ring (bicyclic) bond motifs is 1. The minimum absolute atomic E-state index is 0.0971. The van der Waals surface area contributed by atoms with E-state index in [0.717, 1.165) is 5.56 Å². The van der Waals surface area contributed by atoms with Crippen molar-refractivity contribution in [3.63, 3.8) is 0 Å². The van der Waals surface area contributed by atoms with Crippen LogP contribution in [0, 0.1) is 5.82 Å². The summed E-state index contributed by atoms with van der Waals surface area (Å²) in [5.41, 5.74) is 0.753. The van der Waals surface area contributed by atoms with E-state index in [-0.39, 0.29) is 24.1 Å². The fourth-order valence-electron chi connectivity index (χ4n) is 2.61. The first-order valence-electron chi connectivity index (χ1n) is 8.26. The second kappa shape index (κ2) is 7.86. The highest BCUT2D eigenvalue weighted by Gasteiger charge is 2.17. The van der Waals surface area contributed by atoms with Gasteiger partial charge < -0.3 is 20.1 Å².